The standard InChI is InChI=1S/C7H12Cl2OSi/c1-2-4-10-5-3-6-11-7(8)9/h2,7H,1,3-6H2. The first-order chi connectivity index (χ1) is 5.27. The van der Waals surface area contributed by atoms with Gasteiger partial charge in [-0.3, -0.25) is 0 Å². The van der Waals surface area contributed by atoms with Crippen LogP contribution in [0.2, 0.25) is 6.04 Å². The van der Waals surface area contributed by atoms with Crippen molar-refractivity contribution < 1.29 is 4.74 Å². The van der Waals surface area contributed by atoms with Gasteiger partial charge in [0.05, 0.1) is 20.6 Å². The van der Waals surface area contributed by atoms with Crippen LogP contribution in [0.4, 0.5) is 0 Å². The summed E-state index contributed by atoms with van der Waals surface area (Å²) in [5.74, 6) is 0. The minimum Gasteiger partial charge on any atom is -0.377 e. The second-order valence-corrected chi connectivity index (χ2v) is 5.29. The lowest BCUT2D eigenvalue weighted by atomic mass is 10.5. The van der Waals surface area contributed by atoms with Gasteiger partial charge < -0.3 is 4.74 Å². The highest BCUT2D eigenvalue weighted by Crippen LogP contribution is 2.02. The molecule has 0 aliphatic carbocycles. The quantitative estimate of drug-likeness (QED) is 0.272. The van der Waals surface area contributed by atoms with E-state index in [9.17, 15) is 0 Å². The smallest absolute Gasteiger partial charge is 0.0929 e. The molecular formula is C7H12Cl2OSi. The molecule has 0 N–H and O–H groups in total. The van der Waals surface area contributed by atoms with Gasteiger partial charge in [-0.25, -0.2) is 0 Å². The lowest BCUT2D eigenvalue weighted by molar-refractivity contribution is 0.163. The van der Waals surface area contributed by atoms with Crippen molar-refractivity contribution in [2.24, 2.45) is 0 Å². The Kier molecular flexibility index (Phi) is 8.98. The molecule has 0 unspecified atom stereocenters. The number of halogens is 2. The maximum absolute atomic E-state index is 5.54. The van der Waals surface area contributed by atoms with Gasteiger partial charge in [0, 0.05) is 6.61 Å². The molecule has 64 valence electrons. The first-order valence-corrected chi connectivity index (χ1v) is 5.63. The Balaban J connectivity index is 2.85. The summed E-state index contributed by atoms with van der Waals surface area (Å²) in [7, 11) is 0.626. The maximum atomic E-state index is 5.54. The van der Waals surface area contributed by atoms with Crippen molar-refractivity contribution >= 4 is 32.7 Å². The van der Waals surface area contributed by atoms with Crippen molar-refractivity contribution in [1.82, 2.24) is 0 Å². The lowest BCUT2D eigenvalue weighted by Gasteiger charge is -2.00. The molecule has 4 heteroatoms. The molecule has 0 rings (SSSR count). The van der Waals surface area contributed by atoms with E-state index in [1.807, 2.05) is 0 Å². The average Bonchev–Trinajstić information content (AvgIpc) is 1.96. The van der Waals surface area contributed by atoms with Gasteiger partial charge >= 0.3 is 0 Å². The molecule has 0 amide bonds. The number of rotatable bonds is 7. The number of ether oxygens (including phenoxy) is 1. The number of hydrogen-bond donors (Lipinski definition) is 0. The highest BCUT2D eigenvalue weighted by molar-refractivity contribution is 6.68. The van der Waals surface area contributed by atoms with Gasteiger partial charge in [-0.05, 0) is 6.42 Å². The van der Waals surface area contributed by atoms with Gasteiger partial charge in [0.15, 0.2) is 0 Å². The normalized spacial score (nSPS) is 10.5. The Hall–Kier alpha value is 0.497. The highest BCUT2D eigenvalue weighted by atomic mass is 35.5. The molecule has 11 heavy (non-hydrogen) atoms. The molecule has 0 heterocycles. The zero-order valence-electron chi connectivity index (χ0n) is 6.35. The SMILES string of the molecule is C=CCOCCC[Si]C(Cl)Cl. The van der Waals surface area contributed by atoms with Gasteiger partial charge in [0.25, 0.3) is 0 Å². The molecule has 0 saturated carbocycles. The van der Waals surface area contributed by atoms with Crippen LogP contribution in [0.25, 0.3) is 0 Å². The fraction of sp³-hybridized carbons (Fsp3) is 0.714. The molecule has 0 bridgehead atoms. The monoisotopic (exact) mass is 210 g/mol. The van der Waals surface area contributed by atoms with E-state index in [1.165, 1.54) is 0 Å². The van der Waals surface area contributed by atoms with Crippen LogP contribution in [-0.2, 0) is 4.74 Å². The fourth-order valence-corrected chi connectivity index (χ4v) is 1.77. The molecule has 0 aromatic carbocycles. The summed E-state index contributed by atoms with van der Waals surface area (Å²) in [6, 6.07) is 1.05. The van der Waals surface area contributed by atoms with Crippen molar-refractivity contribution in [1.29, 1.82) is 0 Å². The van der Waals surface area contributed by atoms with Crippen LogP contribution in [0, 0.1) is 0 Å². The van der Waals surface area contributed by atoms with Crippen molar-refractivity contribution in [3.8, 4) is 0 Å². The second-order valence-electron chi connectivity index (χ2n) is 1.97. The van der Waals surface area contributed by atoms with Crippen LogP contribution < -0.4 is 0 Å². The van der Waals surface area contributed by atoms with Crippen molar-refractivity contribution in [3.05, 3.63) is 12.7 Å². The molecule has 0 fully saturated rings. The summed E-state index contributed by atoms with van der Waals surface area (Å²) in [6.45, 7) is 4.95. The fourth-order valence-electron chi connectivity index (χ4n) is 0.552. The predicted octanol–water partition coefficient (Wildman–Crippen LogP) is 2.46. The van der Waals surface area contributed by atoms with E-state index in [-0.39, 0.29) is 4.46 Å². The maximum Gasteiger partial charge on any atom is 0.0929 e. The largest absolute Gasteiger partial charge is 0.377 e. The van der Waals surface area contributed by atoms with Crippen molar-refractivity contribution in [2.75, 3.05) is 13.2 Å². The molecule has 1 nitrogen and oxygen atoms in total. The van der Waals surface area contributed by atoms with Crippen LogP contribution in [0.15, 0.2) is 12.7 Å². The van der Waals surface area contributed by atoms with E-state index in [1.54, 1.807) is 6.08 Å². The molecule has 2 radical (unpaired) electrons. The van der Waals surface area contributed by atoms with Crippen molar-refractivity contribution in [3.63, 3.8) is 0 Å². The van der Waals surface area contributed by atoms with Crippen LogP contribution >= 0.6 is 23.2 Å². The topological polar surface area (TPSA) is 9.23 Å². The van der Waals surface area contributed by atoms with E-state index in [4.69, 9.17) is 27.9 Å². The third-order valence-electron chi connectivity index (χ3n) is 1.000. The Morgan fingerprint density at radius 1 is 1.55 bits per heavy atom. The second kappa shape index (κ2) is 8.59. The summed E-state index contributed by atoms with van der Waals surface area (Å²) < 4.78 is 4.97. The van der Waals surface area contributed by atoms with Gasteiger partial charge in [-0.15, -0.1) is 29.8 Å². The summed E-state index contributed by atoms with van der Waals surface area (Å²) in [5.41, 5.74) is 0. The molecule has 0 saturated heterocycles. The van der Waals surface area contributed by atoms with E-state index >= 15 is 0 Å². The van der Waals surface area contributed by atoms with Gasteiger partial charge in [0.1, 0.15) is 0 Å². The first kappa shape index (κ1) is 11.5. The summed E-state index contributed by atoms with van der Waals surface area (Å²) in [5, 5.41) is 0. The third kappa shape index (κ3) is 10.5. The molecular weight excluding hydrogens is 199 g/mol. The third-order valence-corrected chi connectivity index (χ3v) is 2.88. The molecule has 0 spiro atoms. The molecule has 0 aromatic heterocycles. The Bertz CT molecular complexity index is 98.4. The molecule has 0 aliphatic rings. The lowest BCUT2D eigenvalue weighted by Crippen LogP contribution is -2.03. The Morgan fingerprint density at radius 2 is 2.27 bits per heavy atom. The van der Waals surface area contributed by atoms with Crippen LogP contribution in [0.3, 0.4) is 0 Å². The van der Waals surface area contributed by atoms with Gasteiger partial charge in [0.2, 0.25) is 0 Å². The van der Waals surface area contributed by atoms with Crippen LogP contribution in [0.5, 0.6) is 0 Å². The predicted molar refractivity (Wildman–Crippen MR) is 51.7 cm³/mol. The average molecular weight is 211 g/mol. The minimum absolute atomic E-state index is 0.200. The molecule has 0 aliphatic heterocycles. The number of hydrogen-bond acceptors (Lipinski definition) is 1. The summed E-state index contributed by atoms with van der Waals surface area (Å²) in [4.78, 5) is 0. The zero-order valence-corrected chi connectivity index (χ0v) is 8.87. The minimum atomic E-state index is -0.200. The van der Waals surface area contributed by atoms with E-state index in [0.717, 1.165) is 19.1 Å². The Morgan fingerprint density at radius 3 is 2.82 bits per heavy atom. The van der Waals surface area contributed by atoms with E-state index in [0.29, 0.717) is 16.1 Å². The Labute approximate surface area is 80.5 Å². The van der Waals surface area contributed by atoms with Crippen LogP contribution in [-0.4, -0.2) is 27.2 Å². The summed E-state index contributed by atoms with van der Waals surface area (Å²) >= 11 is 11.1. The van der Waals surface area contributed by atoms with E-state index < -0.39 is 0 Å². The first-order valence-electron chi connectivity index (χ1n) is 3.47. The number of alkyl halides is 2. The summed E-state index contributed by atoms with van der Waals surface area (Å²) in [6.07, 6.45) is 2.77. The van der Waals surface area contributed by atoms with E-state index in [2.05, 4.69) is 6.58 Å². The van der Waals surface area contributed by atoms with Gasteiger partial charge in [-0.2, -0.15) is 0 Å². The molecule has 0 aromatic rings. The highest BCUT2D eigenvalue weighted by Gasteiger charge is 1.98. The van der Waals surface area contributed by atoms with Crippen LogP contribution in [0.1, 0.15) is 6.42 Å². The van der Waals surface area contributed by atoms with Gasteiger partial charge in [-0.1, -0.05) is 12.1 Å². The van der Waals surface area contributed by atoms with Crippen molar-refractivity contribution in [2.45, 2.75) is 16.9 Å². The zero-order chi connectivity index (χ0) is 8.53. The molecule has 0 atom stereocenters.